The normalized spacial score (nSPS) is 28.8. The average molecular weight is 167 g/mol. The van der Waals surface area contributed by atoms with Crippen molar-refractivity contribution in [3.63, 3.8) is 0 Å². The number of hydrogen-bond donors (Lipinski definition) is 1. The maximum Gasteiger partial charge on any atom is 0.0799 e. The first-order valence-corrected chi connectivity index (χ1v) is 4.39. The fraction of sp³-hybridized carbons (Fsp3) is 0.700. The molecular weight excluding hydrogens is 150 g/mol. The zero-order chi connectivity index (χ0) is 9.35. The largest absolute Gasteiger partial charge is 0.411 e. The Morgan fingerprint density at radius 3 is 2.58 bits per heavy atom. The van der Waals surface area contributed by atoms with Crippen LogP contribution in [0.3, 0.4) is 0 Å². The number of hydrogen-bond acceptors (Lipinski definition) is 2. The summed E-state index contributed by atoms with van der Waals surface area (Å²) in [7, 11) is 0. The van der Waals surface area contributed by atoms with Crippen LogP contribution >= 0.6 is 0 Å². The summed E-state index contributed by atoms with van der Waals surface area (Å²) in [6.45, 7) is 8.48. The number of oxime groups is 1. The predicted molar refractivity (Wildman–Crippen MR) is 50.5 cm³/mol. The number of nitrogens with zero attached hydrogens (tertiary/aromatic N) is 1. The molecule has 0 saturated carbocycles. The minimum absolute atomic E-state index is 0.163. The molecule has 0 aromatic heterocycles. The smallest absolute Gasteiger partial charge is 0.0799 e. The van der Waals surface area contributed by atoms with Gasteiger partial charge in [0.25, 0.3) is 0 Å². The SMILES string of the molecule is C/C(=N\O)C1=CC[C@@H](C)C1(C)C. The highest BCUT2D eigenvalue weighted by molar-refractivity contribution is 5.99. The maximum absolute atomic E-state index is 8.66. The molecule has 0 amide bonds. The molecule has 68 valence electrons. The standard InChI is InChI=1S/C10H17NO/c1-7-5-6-9(8(2)11-12)10(7,3)4/h6-7,12H,5H2,1-4H3/b11-8+/t7-/m1/s1. The molecule has 0 aliphatic heterocycles. The van der Waals surface area contributed by atoms with Crippen molar-refractivity contribution in [2.75, 3.05) is 0 Å². The van der Waals surface area contributed by atoms with Crippen molar-refractivity contribution >= 4 is 5.71 Å². The third-order valence-electron chi connectivity index (χ3n) is 3.14. The van der Waals surface area contributed by atoms with Crippen LogP contribution in [0.25, 0.3) is 0 Å². The summed E-state index contributed by atoms with van der Waals surface area (Å²) < 4.78 is 0. The molecule has 0 aromatic carbocycles. The summed E-state index contributed by atoms with van der Waals surface area (Å²) in [5, 5.41) is 11.9. The Morgan fingerprint density at radius 2 is 2.25 bits per heavy atom. The second-order valence-electron chi connectivity index (χ2n) is 4.16. The van der Waals surface area contributed by atoms with Gasteiger partial charge in [-0.2, -0.15) is 0 Å². The van der Waals surface area contributed by atoms with E-state index >= 15 is 0 Å². The van der Waals surface area contributed by atoms with Crippen LogP contribution in [0.15, 0.2) is 16.8 Å². The van der Waals surface area contributed by atoms with Crippen LogP contribution in [0.2, 0.25) is 0 Å². The summed E-state index contributed by atoms with van der Waals surface area (Å²) in [6.07, 6.45) is 3.27. The van der Waals surface area contributed by atoms with E-state index in [-0.39, 0.29) is 5.41 Å². The van der Waals surface area contributed by atoms with Gasteiger partial charge in [0.05, 0.1) is 5.71 Å². The van der Waals surface area contributed by atoms with E-state index in [4.69, 9.17) is 5.21 Å². The van der Waals surface area contributed by atoms with Gasteiger partial charge in [-0.05, 0) is 30.3 Å². The summed E-state index contributed by atoms with van der Waals surface area (Å²) in [5.41, 5.74) is 2.11. The molecule has 1 rings (SSSR count). The molecule has 2 heteroatoms. The lowest BCUT2D eigenvalue weighted by molar-refractivity contribution is 0.307. The second-order valence-corrected chi connectivity index (χ2v) is 4.16. The lowest BCUT2D eigenvalue weighted by Gasteiger charge is -2.27. The lowest BCUT2D eigenvalue weighted by atomic mass is 9.77. The van der Waals surface area contributed by atoms with Gasteiger partial charge in [-0.15, -0.1) is 0 Å². The first kappa shape index (κ1) is 9.30. The highest BCUT2D eigenvalue weighted by atomic mass is 16.4. The van der Waals surface area contributed by atoms with E-state index in [1.807, 2.05) is 6.92 Å². The molecule has 1 atom stereocenters. The second kappa shape index (κ2) is 2.92. The van der Waals surface area contributed by atoms with E-state index in [9.17, 15) is 0 Å². The van der Waals surface area contributed by atoms with Crippen molar-refractivity contribution in [3.8, 4) is 0 Å². The Labute approximate surface area is 74.0 Å². The van der Waals surface area contributed by atoms with Crippen LogP contribution in [0.4, 0.5) is 0 Å². The van der Waals surface area contributed by atoms with Crippen LogP contribution in [-0.4, -0.2) is 10.9 Å². The Kier molecular flexibility index (Phi) is 2.27. The van der Waals surface area contributed by atoms with Gasteiger partial charge in [0, 0.05) is 0 Å². The molecular formula is C10H17NO. The lowest BCUT2D eigenvalue weighted by Crippen LogP contribution is -2.22. The number of rotatable bonds is 1. The number of allylic oxidation sites excluding steroid dienone is 2. The van der Waals surface area contributed by atoms with Crippen molar-refractivity contribution in [1.29, 1.82) is 0 Å². The summed E-state index contributed by atoms with van der Waals surface area (Å²) >= 11 is 0. The Balaban J connectivity index is 2.95. The van der Waals surface area contributed by atoms with E-state index < -0.39 is 0 Å². The molecule has 1 N–H and O–H groups in total. The van der Waals surface area contributed by atoms with Gasteiger partial charge in [-0.25, -0.2) is 0 Å². The van der Waals surface area contributed by atoms with Gasteiger partial charge in [0.2, 0.25) is 0 Å². The van der Waals surface area contributed by atoms with Crippen LogP contribution in [0.1, 0.15) is 34.1 Å². The molecule has 0 bridgehead atoms. The molecule has 0 fully saturated rings. The highest BCUT2D eigenvalue weighted by Gasteiger charge is 2.35. The molecule has 1 aliphatic carbocycles. The van der Waals surface area contributed by atoms with Gasteiger partial charge in [0.1, 0.15) is 0 Å². The molecule has 0 unspecified atom stereocenters. The van der Waals surface area contributed by atoms with Crippen LogP contribution < -0.4 is 0 Å². The Morgan fingerprint density at radius 1 is 1.67 bits per heavy atom. The van der Waals surface area contributed by atoms with Gasteiger partial charge < -0.3 is 5.21 Å². The molecule has 2 nitrogen and oxygen atoms in total. The van der Waals surface area contributed by atoms with E-state index in [1.165, 1.54) is 5.57 Å². The highest BCUT2D eigenvalue weighted by Crippen LogP contribution is 2.43. The first-order chi connectivity index (χ1) is 5.50. The van der Waals surface area contributed by atoms with Gasteiger partial charge in [-0.3, -0.25) is 0 Å². The minimum atomic E-state index is 0.163. The van der Waals surface area contributed by atoms with Crippen molar-refractivity contribution in [1.82, 2.24) is 0 Å². The first-order valence-electron chi connectivity index (χ1n) is 4.39. The summed E-state index contributed by atoms with van der Waals surface area (Å²) in [6, 6.07) is 0. The van der Waals surface area contributed by atoms with E-state index in [2.05, 4.69) is 32.0 Å². The zero-order valence-electron chi connectivity index (χ0n) is 8.26. The fourth-order valence-electron chi connectivity index (χ4n) is 1.79. The zero-order valence-corrected chi connectivity index (χ0v) is 8.26. The molecule has 0 spiro atoms. The topological polar surface area (TPSA) is 32.6 Å². The monoisotopic (exact) mass is 167 g/mol. The summed E-state index contributed by atoms with van der Waals surface area (Å²) in [5.74, 6) is 0.643. The van der Waals surface area contributed by atoms with Crippen molar-refractivity contribution in [3.05, 3.63) is 11.6 Å². The van der Waals surface area contributed by atoms with E-state index in [0.29, 0.717) is 5.92 Å². The van der Waals surface area contributed by atoms with E-state index in [1.54, 1.807) is 0 Å². The van der Waals surface area contributed by atoms with Crippen LogP contribution in [0.5, 0.6) is 0 Å². The molecule has 12 heavy (non-hydrogen) atoms. The fourth-order valence-corrected chi connectivity index (χ4v) is 1.79. The van der Waals surface area contributed by atoms with E-state index in [0.717, 1.165) is 12.1 Å². The van der Waals surface area contributed by atoms with Crippen LogP contribution in [0, 0.1) is 11.3 Å². The third kappa shape index (κ3) is 1.26. The minimum Gasteiger partial charge on any atom is -0.411 e. The third-order valence-corrected chi connectivity index (χ3v) is 3.14. The van der Waals surface area contributed by atoms with Crippen molar-refractivity contribution < 1.29 is 5.21 Å². The van der Waals surface area contributed by atoms with Gasteiger partial charge in [-0.1, -0.05) is 32.0 Å². The van der Waals surface area contributed by atoms with Crippen molar-refractivity contribution in [2.24, 2.45) is 16.5 Å². The van der Waals surface area contributed by atoms with Gasteiger partial charge in [0.15, 0.2) is 0 Å². The summed E-state index contributed by atoms with van der Waals surface area (Å²) in [4.78, 5) is 0. The average Bonchev–Trinajstić information content (AvgIpc) is 2.27. The maximum atomic E-state index is 8.66. The Hall–Kier alpha value is -0.790. The molecule has 0 saturated heterocycles. The molecule has 0 aromatic rings. The van der Waals surface area contributed by atoms with Crippen molar-refractivity contribution in [2.45, 2.75) is 34.1 Å². The molecule has 0 heterocycles. The quantitative estimate of drug-likeness (QED) is 0.363. The molecule has 0 radical (unpaired) electrons. The molecule has 1 aliphatic rings. The Bertz CT molecular complexity index is 238. The van der Waals surface area contributed by atoms with Gasteiger partial charge >= 0.3 is 0 Å². The predicted octanol–water partition coefficient (Wildman–Crippen LogP) is 2.83. The van der Waals surface area contributed by atoms with Crippen LogP contribution in [-0.2, 0) is 0 Å².